The highest BCUT2D eigenvalue weighted by molar-refractivity contribution is 7.09. The Hall–Kier alpha value is -1.21. The fourth-order valence-corrected chi connectivity index (χ4v) is 4.14. The second-order valence-corrected chi connectivity index (χ2v) is 7.00. The number of nitrogens with zero attached hydrogens (tertiary/aromatic N) is 4. The molecule has 1 saturated carbocycles. The number of rotatable bonds is 4. The molecule has 6 nitrogen and oxygen atoms in total. The summed E-state index contributed by atoms with van der Waals surface area (Å²) in [5.41, 5.74) is 6.08. The third kappa shape index (κ3) is 3.41. The molecule has 122 valence electrons. The molecule has 7 heteroatoms. The van der Waals surface area contributed by atoms with Crippen LogP contribution in [0, 0.1) is 5.92 Å². The van der Waals surface area contributed by atoms with Crippen molar-refractivity contribution < 1.29 is 4.79 Å². The van der Waals surface area contributed by atoms with E-state index in [-0.39, 0.29) is 11.9 Å². The van der Waals surface area contributed by atoms with Gasteiger partial charge in [-0.1, -0.05) is 13.3 Å². The van der Waals surface area contributed by atoms with Gasteiger partial charge in [0.05, 0.1) is 0 Å². The summed E-state index contributed by atoms with van der Waals surface area (Å²) in [6.45, 7) is 5.32. The largest absolute Gasteiger partial charge is 0.343 e. The first-order valence-electron chi connectivity index (χ1n) is 8.28. The number of hydrogen-bond acceptors (Lipinski definition) is 6. The molecule has 1 aliphatic heterocycles. The normalized spacial score (nSPS) is 25.7. The molecule has 1 aromatic heterocycles. The van der Waals surface area contributed by atoms with Crippen LogP contribution in [0.25, 0.3) is 0 Å². The first-order valence-corrected chi connectivity index (χ1v) is 9.05. The van der Waals surface area contributed by atoms with E-state index in [1.54, 1.807) is 0 Å². The molecule has 2 fully saturated rings. The second kappa shape index (κ2) is 6.91. The molecule has 0 bridgehead atoms. The zero-order chi connectivity index (χ0) is 15.5. The smallest absolute Gasteiger partial charge is 0.223 e. The Kier molecular flexibility index (Phi) is 4.93. The summed E-state index contributed by atoms with van der Waals surface area (Å²) in [5.74, 6) is 1.57. The summed E-state index contributed by atoms with van der Waals surface area (Å²) in [5, 5.41) is 0.988. The van der Waals surface area contributed by atoms with E-state index in [1.807, 2.05) is 4.90 Å². The standard InChI is InChI=1S/C15H25N5OS/c1-2-13-17-15(22-18-13)20-8-6-19(7-9-20)14(21)10-11-4-3-5-12(11)16/h11-12H,2-10,16H2,1H3/t11-,12+/m0/s1. The van der Waals surface area contributed by atoms with E-state index in [0.29, 0.717) is 12.3 Å². The maximum absolute atomic E-state index is 12.4. The molecule has 0 spiro atoms. The first-order chi connectivity index (χ1) is 10.7. The number of aromatic nitrogens is 2. The molecule has 0 unspecified atom stereocenters. The molecule has 2 N–H and O–H groups in total. The van der Waals surface area contributed by atoms with E-state index in [9.17, 15) is 4.79 Å². The van der Waals surface area contributed by atoms with Crippen molar-refractivity contribution in [2.24, 2.45) is 11.7 Å². The minimum absolute atomic E-state index is 0.221. The number of nitrogens with two attached hydrogens (primary N) is 1. The number of carbonyl (C=O) groups excluding carboxylic acids is 1. The van der Waals surface area contributed by atoms with E-state index in [4.69, 9.17) is 5.73 Å². The molecule has 3 rings (SSSR count). The van der Waals surface area contributed by atoms with Crippen molar-refractivity contribution in [2.75, 3.05) is 31.1 Å². The topological polar surface area (TPSA) is 75.4 Å². The lowest BCUT2D eigenvalue weighted by Crippen LogP contribution is -2.49. The van der Waals surface area contributed by atoms with Crippen LogP contribution in [-0.4, -0.2) is 52.4 Å². The molecule has 2 heterocycles. The third-order valence-corrected chi connectivity index (χ3v) is 5.65. The maximum atomic E-state index is 12.4. The van der Waals surface area contributed by atoms with Crippen LogP contribution < -0.4 is 10.6 Å². The van der Waals surface area contributed by atoms with Gasteiger partial charge in [0, 0.05) is 56.6 Å². The lowest BCUT2D eigenvalue weighted by Gasteiger charge is -2.35. The highest BCUT2D eigenvalue weighted by Gasteiger charge is 2.29. The van der Waals surface area contributed by atoms with Gasteiger partial charge in [-0.25, -0.2) is 4.98 Å². The summed E-state index contributed by atoms with van der Waals surface area (Å²) in [7, 11) is 0. The minimum Gasteiger partial charge on any atom is -0.343 e. The van der Waals surface area contributed by atoms with Gasteiger partial charge < -0.3 is 15.5 Å². The Labute approximate surface area is 135 Å². The fraction of sp³-hybridized carbons (Fsp3) is 0.800. The minimum atomic E-state index is 0.221. The predicted molar refractivity (Wildman–Crippen MR) is 88.0 cm³/mol. The lowest BCUT2D eigenvalue weighted by molar-refractivity contribution is -0.132. The number of carbonyl (C=O) groups is 1. The molecular weight excluding hydrogens is 298 g/mol. The number of aryl methyl sites for hydroxylation is 1. The summed E-state index contributed by atoms with van der Waals surface area (Å²) in [4.78, 5) is 21.2. The van der Waals surface area contributed by atoms with Crippen molar-refractivity contribution in [2.45, 2.75) is 45.1 Å². The van der Waals surface area contributed by atoms with Crippen molar-refractivity contribution in [3.8, 4) is 0 Å². The van der Waals surface area contributed by atoms with Gasteiger partial charge in [-0.2, -0.15) is 4.37 Å². The molecule has 0 aromatic carbocycles. The first kappa shape index (κ1) is 15.7. The van der Waals surface area contributed by atoms with Gasteiger partial charge in [0.2, 0.25) is 11.0 Å². The zero-order valence-electron chi connectivity index (χ0n) is 13.2. The molecule has 1 aliphatic carbocycles. The van der Waals surface area contributed by atoms with Gasteiger partial charge in [0.1, 0.15) is 5.82 Å². The Morgan fingerprint density at radius 1 is 1.32 bits per heavy atom. The second-order valence-electron chi connectivity index (χ2n) is 6.27. The average molecular weight is 323 g/mol. The third-order valence-electron chi connectivity index (χ3n) is 4.83. The van der Waals surface area contributed by atoms with Gasteiger partial charge in [0.25, 0.3) is 0 Å². The highest BCUT2D eigenvalue weighted by atomic mass is 32.1. The summed E-state index contributed by atoms with van der Waals surface area (Å²) < 4.78 is 4.34. The van der Waals surface area contributed by atoms with E-state index >= 15 is 0 Å². The molecule has 22 heavy (non-hydrogen) atoms. The Balaban J connectivity index is 1.49. The van der Waals surface area contributed by atoms with Gasteiger partial charge in [-0.05, 0) is 18.8 Å². The van der Waals surface area contributed by atoms with Crippen LogP contribution in [0.5, 0.6) is 0 Å². The van der Waals surface area contributed by atoms with Gasteiger partial charge in [-0.3, -0.25) is 4.79 Å². The Morgan fingerprint density at radius 3 is 2.68 bits per heavy atom. The van der Waals surface area contributed by atoms with Gasteiger partial charge in [-0.15, -0.1) is 0 Å². The van der Waals surface area contributed by atoms with Crippen LogP contribution >= 0.6 is 11.5 Å². The van der Waals surface area contributed by atoms with E-state index in [0.717, 1.165) is 56.4 Å². The van der Waals surface area contributed by atoms with Crippen LogP contribution in [-0.2, 0) is 11.2 Å². The van der Waals surface area contributed by atoms with E-state index in [2.05, 4.69) is 21.2 Å². The Bertz CT molecular complexity index is 512. The van der Waals surface area contributed by atoms with Crippen molar-refractivity contribution in [3.63, 3.8) is 0 Å². The van der Waals surface area contributed by atoms with E-state index < -0.39 is 0 Å². The molecule has 1 aromatic rings. The molecule has 2 atom stereocenters. The molecule has 1 amide bonds. The molecule has 1 saturated heterocycles. The van der Waals surface area contributed by atoms with Crippen LogP contribution in [0.15, 0.2) is 0 Å². The lowest BCUT2D eigenvalue weighted by atomic mass is 9.99. The summed E-state index contributed by atoms with van der Waals surface area (Å²) in [6, 6.07) is 0.221. The molecule has 2 aliphatic rings. The number of amides is 1. The summed E-state index contributed by atoms with van der Waals surface area (Å²) in [6.07, 6.45) is 4.85. The maximum Gasteiger partial charge on any atom is 0.223 e. The SMILES string of the molecule is CCc1nsc(N2CCN(C(=O)C[C@@H]3CCC[C@H]3N)CC2)n1. The van der Waals surface area contributed by atoms with Crippen molar-refractivity contribution in [1.82, 2.24) is 14.3 Å². The number of hydrogen-bond donors (Lipinski definition) is 1. The van der Waals surface area contributed by atoms with Gasteiger partial charge >= 0.3 is 0 Å². The van der Waals surface area contributed by atoms with Crippen LogP contribution in [0.4, 0.5) is 5.13 Å². The van der Waals surface area contributed by atoms with Crippen molar-refractivity contribution in [1.29, 1.82) is 0 Å². The van der Waals surface area contributed by atoms with Crippen LogP contribution in [0.3, 0.4) is 0 Å². The quantitative estimate of drug-likeness (QED) is 0.903. The van der Waals surface area contributed by atoms with Gasteiger partial charge in [0.15, 0.2) is 0 Å². The highest BCUT2D eigenvalue weighted by Crippen LogP contribution is 2.28. The van der Waals surface area contributed by atoms with Crippen LogP contribution in [0.1, 0.15) is 38.4 Å². The molecule has 0 radical (unpaired) electrons. The predicted octanol–water partition coefficient (Wildman–Crippen LogP) is 1.27. The van der Waals surface area contributed by atoms with Crippen LogP contribution in [0.2, 0.25) is 0 Å². The number of anilines is 1. The van der Waals surface area contributed by atoms with Crippen molar-refractivity contribution in [3.05, 3.63) is 5.82 Å². The number of piperazine rings is 1. The summed E-state index contributed by atoms with van der Waals surface area (Å²) >= 11 is 1.46. The van der Waals surface area contributed by atoms with Crippen molar-refractivity contribution >= 4 is 22.6 Å². The zero-order valence-corrected chi connectivity index (χ0v) is 14.0. The Morgan fingerprint density at radius 2 is 2.09 bits per heavy atom. The molecular formula is C15H25N5OS. The monoisotopic (exact) mass is 323 g/mol. The fourth-order valence-electron chi connectivity index (χ4n) is 3.34. The average Bonchev–Trinajstić information content (AvgIpc) is 3.17. The van der Waals surface area contributed by atoms with E-state index in [1.165, 1.54) is 18.0 Å².